The molecule has 2 nitrogen and oxygen atoms in total. The van der Waals surface area contributed by atoms with Gasteiger partial charge in [0.05, 0.1) is 11.6 Å². The van der Waals surface area contributed by atoms with Crippen LogP contribution in [0.3, 0.4) is 0 Å². The molecule has 0 fully saturated rings. The predicted octanol–water partition coefficient (Wildman–Crippen LogP) is 3.29. The summed E-state index contributed by atoms with van der Waals surface area (Å²) in [4.78, 5) is 0. The third kappa shape index (κ3) is 40.2. The number of hydrogen-bond donors (Lipinski definition) is 0. The molecule has 1 aromatic rings. The SMILES string of the molecule is CS(=O)(=O)Cl.ClCCl.c1ccccc1. The Hall–Kier alpha value is 0.0400. The van der Waals surface area contributed by atoms with E-state index in [9.17, 15) is 8.42 Å². The number of halogens is 3. The molecule has 0 heterocycles. The van der Waals surface area contributed by atoms with E-state index in [2.05, 4.69) is 10.7 Å². The molecule has 0 radical (unpaired) electrons. The fourth-order valence-electron chi connectivity index (χ4n) is 0.385. The van der Waals surface area contributed by atoms with Crippen molar-refractivity contribution < 1.29 is 8.42 Å². The zero-order valence-electron chi connectivity index (χ0n) is 7.53. The standard InChI is InChI=1S/C6H6.CH2Cl2.CH3ClO2S/c1-2-4-6-5-3-1;2-1-3;1-5(2,3)4/h1-6H;1H2;1H3. The van der Waals surface area contributed by atoms with Crippen LogP contribution in [0.15, 0.2) is 36.4 Å². The first-order valence-electron chi connectivity index (χ1n) is 3.43. The molecule has 0 saturated carbocycles. The topological polar surface area (TPSA) is 34.1 Å². The summed E-state index contributed by atoms with van der Waals surface area (Å²) in [7, 11) is 1.31. The molecule has 0 bridgehead atoms. The minimum Gasteiger partial charge on any atom is -0.213 e. The van der Waals surface area contributed by atoms with Crippen molar-refractivity contribution in [1.82, 2.24) is 0 Å². The van der Waals surface area contributed by atoms with Crippen molar-refractivity contribution in [2.45, 2.75) is 0 Å². The smallest absolute Gasteiger partial charge is 0.213 e. The Bertz CT molecular complexity index is 252. The third-order valence-corrected chi connectivity index (χ3v) is 0.667. The van der Waals surface area contributed by atoms with E-state index in [4.69, 9.17) is 23.2 Å². The summed E-state index contributed by atoms with van der Waals surface area (Å²) in [5.74, 6) is 0. The maximum Gasteiger partial charge on any atom is 0.229 e. The van der Waals surface area contributed by atoms with Gasteiger partial charge in [-0.3, -0.25) is 0 Å². The zero-order valence-corrected chi connectivity index (χ0v) is 10.6. The van der Waals surface area contributed by atoms with Crippen LogP contribution in [-0.2, 0) is 9.05 Å². The number of benzene rings is 1. The third-order valence-electron chi connectivity index (χ3n) is 0.667. The number of hydrogen-bond acceptors (Lipinski definition) is 2. The summed E-state index contributed by atoms with van der Waals surface area (Å²) in [6, 6.07) is 12.0. The lowest BCUT2D eigenvalue weighted by Gasteiger charge is -1.69. The van der Waals surface area contributed by atoms with Crippen LogP contribution < -0.4 is 0 Å². The lowest BCUT2D eigenvalue weighted by atomic mass is 10.4. The maximum absolute atomic E-state index is 9.40. The van der Waals surface area contributed by atoms with Gasteiger partial charge in [-0.05, 0) is 0 Å². The Labute approximate surface area is 99.2 Å². The zero-order chi connectivity index (χ0) is 11.4. The monoisotopic (exact) mass is 276 g/mol. The van der Waals surface area contributed by atoms with Gasteiger partial charge in [0.1, 0.15) is 0 Å². The predicted molar refractivity (Wildman–Crippen MR) is 63.7 cm³/mol. The molecular weight excluding hydrogens is 267 g/mol. The number of rotatable bonds is 0. The molecule has 0 aromatic heterocycles. The first-order chi connectivity index (χ1) is 6.41. The van der Waals surface area contributed by atoms with Gasteiger partial charge in [0.2, 0.25) is 9.05 Å². The van der Waals surface area contributed by atoms with E-state index < -0.39 is 9.05 Å². The largest absolute Gasteiger partial charge is 0.229 e. The highest BCUT2D eigenvalue weighted by atomic mass is 35.7. The molecule has 0 unspecified atom stereocenters. The van der Waals surface area contributed by atoms with Crippen LogP contribution >= 0.6 is 33.9 Å². The van der Waals surface area contributed by atoms with E-state index in [1.54, 1.807) is 0 Å². The quantitative estimate of drug-likeness (QED) is 0.539. The van der Waals surface area contributed by atoms with E-state index in [-0.39, 0.29) is 5.34 Å². The summed E-state index contributed by atoms with van der Waals surface area (Å²) in [6.07, 6.45) is 0.925. The van der Waals surface area contributed by atoms with Crippen molar-refractivity contribution in [3.63, 3.8) is 0 Å². The van der Waals surface area contributed by atoms with Crippen molar-refractivity contribution in [2.24, 2.45) is 0 Å². The lowest BCUT2D eigenvalue weighted by Crippen LogP contribution is -1.76. The lowest BCUT2D eigenvalue weighted by molar-refractivity contribution is 0.615. The summed E-state index contributed by atoms with van der Waals surface area (Å²) in [5.41, 5.74) is 0. The fraction of sp³-hybridized carbons (Fsp3) is 0.250. The van der Waals surface area contributed by atoms with Crippen molar-refractivity contribution in [3.05, 3.63) is 36.4 Å². The maximum atomic E-state index is 9.40. The highest BCUT2D eigenvalue weighted by molar-refractivity contribution is 8.13. The first-order valence-corrected chi connectivity index (χ1v) is 7.22. The molecule has 82 valence electrons. The van der Waals surface area contributed by atoms with Gasteiger partial charge in [-0.2, -0.15) is 0 Å². The Morgan fingerprint density at radius 3 is 1.07 bits per heavy atom. The molecule has 14 heavy (non-hydrogen) atoms. The van der Waals surface area contributed by atoms with E-state index in [0.29, 0.717) is 0 Å². The Balaban J connectivity index is 0. The average molecular weight is 278 g/mol. The molecule has 1 rings (SSSR count). The molecule has 0 saturated heterocycles. The minimum atomic E-state index is -3.19. The van der Waals surface area contributed by atoms with E-state index in [1.807, 2.05) is 36.4 Å². The molecule has 6 heteroatoms. The van der Waals surface area contributed by atoms with Gasteiger partial charge >= 0.3 is 0 Å². The van der Waals surface area contributed by atoms with Crippen LogP contribution in [0.2, 0.25) is 0 Å². The molecule has 0 spiro atoms. The second kappa shape index (κ2) is 11.1. The second-order valence-corrected chi connectivity index (χ2v) is 5.79. The molecule has 0 aliphatic rings. The van der Waals surface area contributed by atoms with Gasteiger partial charge in [-0.1, -0.05) is 36.4 Å². The van der Waals surface area contributed by atoms with Crippen molar-refractivity contribution in [2.75, 3.05) is 11.6 Å². The molecule has 0 atom stereocenters. The highest BCUT2D eigenvalue weighted by Crippen LogP contribution is 1.83. The highest BCUT2D eigenvalue weighted by Gasteiger charge is 1.83. The summed E-state index contributed by atoms with van der Waals surface area (Å²) in [6.45, 7) is 0. The van der Waals surface area contributed by atoms with Crippen LogP contribution in [0, 0.1) is 0 Å². The van der Waals surface area contributed by atoms with E-state index in [0.717, 1.165) is 6.26 Å². The van der Waals surface area contributed by atoms with Crippen LogP contribution in [0.4, 0.5) is 0 Å². The summed E-state index contributed by atoms with van der Waals surface area (Å²) >= 11 is 9.53. The van der Waals surface area contributed by atoms with Crippen LogP contribution in [0.1, 0.15) is 0 Å². The van der Waals surface area contributed by atoms with Gasteiger partial charge < -0.3 is 0 Å². The normalized spacial score (nSPS) is 8.86. The fourth-order valence-corrected chi connectivity index (χ4v) is 0.385. The van der Waals surface area contributed by atoms with Gasteiger partial charge in [-0.25, -0.2) is 8.42 Å². The second-order valence-electron chi connectivity index (χ2n) is 1.94. The average Bonchev–Trinajstić information content (AvgIpc) is 2.06. The Morgan fingerprint density at radius 1 is 0.929 bits per heavy atom. The summed E-state index contributed by atoms with van der Waals surface area (Å²) in [5, 5.41) is 0.194. The van der Waals surface area contributed by atoms with Crippen molar-refractivity contribution in [1.29, 1.82) is 0 Å². The van der Waals surface area contributed by atoms with E-state index >= 15 is 0 Å². The molecule has 0 aliphatic carbocycles. The molecule has 0 amide bonds. The Kier molecular flexibility index (Phi) is 13.1. The van der Waals surface area contributed by atoms with E-state index in [1.165, 1.54) is 0 Å². The Morgan fingerprint density at radius 2 is 1.00 bits per heavy atom. The molecule has 0 aliphatic heterocycles. The first kappa shape index (κ1) is 16.5. The van der Waals surface area contributed by atoms with Gasteiger partial charge in [-0.15, -0.1) is 23.2 Å². The van der Waals surface area contributed by atoms with Crippen molar-refractivity contribution in [3.8, 4) is 0 Å². The molecule has 0 N–H and O–H groups in total. The molecule has 1 aromatic carbocycles. The van der Waals surface area contributed by atoms with Gasteiger partial charge in [0.25, 0.3) is 0 Å². The summed E-state index contributed by atoms with van der Waals surface area (Å²) < 4.78 is 18.8. The van der Waals surface area contributed by atoms with Crippen LogP contribution in [0.5, 0.6) is 0 Å². The number of alkyl halides is 2. The minimum absolute atomic E-state index is 0.194. The van der Waals surface area contributed by atoms with Crippen molar-refractivity contribution >= 4 is 42.9 Å². The molecular formula is C8H11Cl3O2S. The van der Waals surface area contributed by atoms with Crippen LogP contribution in [-0.4, -0.2) is 20.0 Å². The van der Waals surface area contributed by atoms with Gasteiger partial charge in [0.15, 0.2) is 0 Å². The van der Waals surface area contributed by atoms with Crippen LogP contribution in [0.25, 0.3) is 0 Å². The van der Waals surface area contributed by atoms with Gasteiger partial charge in [0, 0.05) is 10.7 Å².